The molecule has 1 fully saturated rings. The Balaban J connectivity index is 1.74. The topological polar surface area (TPSA) is 83.0 Å². The van der Waals surface area contributed by atoms with Gasteiger partial charge in [0.1, 0.15) is 11.8 Å². The summed E-state index contributed by atoms with van der Waals surface area (Å²) in [5.41, 5.74) is 8.08. The maximum atomic E-state index is 11.1. The van der Waals surface area contributed by atoms with Crippen LogP contribution in [0.5, 0.6) is 0 Å². The van der Waals surface area contributed by atoms with Gasteiger partial charge >= 0.3 is 0 Å². The zero-order chi connectivity index (χ0) is 16.4. The summed E-state index contributed by atoms with van der Waals surface area (Å²) < 4.78 is 0. The van der Waals surface area contributed by atoms with Gasteiger partial charge in [0.15, 0.2) is 0 Å². The molecule has 1 amide bonds. The minimum atomic E-state index is -0.517. The van der Waals surface area contributed by atoms with Gasteiger partial charge in [-0.25, -0.2) is 0 Å². The number of hydrogen-bond donors (Lipinski definition) is 1. The molecule has 0 bridgehead atoms. The Morgan fingerprint density at radius 3 is 2.83 bits per heavy atom. The Kier molecular flexibility index (Phi) is 4.18. The van der Waals surface area contributed by atoms with Crippen LogP contribution in [0.2, 0.25) is 5.02 Å². The minimum absolute atomic E-state index is 0.280. The summed E-state index contributed by atoms with van der Waals surface area (Å²) in [7, 11) is 0. The van der Waals surface area contributed by atoms with Crippen LogP contribution < -0.4 is 10.6 Å². The van der Waals surface area contributed by atoms with Crippen LogP contribution in [0.4, 0.5) is 5.69 Å². The molecule has 0 saturated carbocycles. The van der Waals surface area contributed by atoms with Gasteiger partial charge in [0, 0.05) is 30.9 Å². The van der Waals surface area contributed by atoms with Gasteiger partial charge in [-0.05, 0) is 36.2 Å². The third kappa shape index (κ3) is 3.13. The summed E-state index contributed by atoms with van der Waals surface area (Å²) in [6, 6.07) is 11.1. The number of pyridine rings is 1. The van der Waals surface area contributed by atoms with Crippen LogP contribution in [-0.2, 0) is 0 Å². The molecule has 1 saturated heterocycles. The second-order valence-corrected chi connectivity index (χ2v) is 5.96. The average molecular weight is 327 g/mol. The van der Waals surface area contributed by atoms with Crippen LogP contribution in [0.3, 0.4) is 0 Å². The fourth-order valence-electron chi connectivity index (χ4n) is 2.85. The Bertz CT molecular complexity index is 782. The van der Waals surface area contributed by atoms with E-state index in [1.165, 1.54) is 0 Å². The van der Waals surface area contributed by atoms with E-state index in [1.54, 1.807) is 18.3 Å². The molecule has 6 heteroatoms. The number of hydrogen-bond acceptors (Lipinski definition) is 4. The van der Waals surface area contributed by atoms with E-state index in [0.29, 0.717) is 16.5 Å². The molecule has 1 aromatic carbocycles. The van der Waals surface area contributed by atoms with Crippen LogP contribution in [-0.4, -0.2) is 24.0 Å². The van der Waals surface area contributed by atoms with Gasteiger partial charge in [0.05, 0.1) is 10.6 Å². The molecule has 2 aromatic rings. The molecule has 2 N–H and O–H groups in total. The quantitative estimate of drug-likeness (QED) is 0.940. The second-order valence-electron chi connectivity index (χ2n) is 5.55. The molecule has 3 rings (SSSR count). The van der Waals surface area contributed by atoms with Crippen LogP contribution in [0.1, 0.15) is 34.0 Å². The normalized spacial score (nSPS) is 17.0. The van der Waals surface area contributed by atoms with Crippen molar-refractivity contribution in [3.05, 3.63) is 58.4 Å². The van der Waals surface area contributed by atoms with E-state index >= 15 is 0 Å². The molecule has 23 heavy (non-hydrogen) atoms. The molecule has 0 aliphatic carbocycles. The number of primary amides is 1. The predicted octanol–water partition coefficient (Wildman–Crippen LogP) is 2.70. The van der Waals surface area contributed by atoms with Gasteiger partial charge in [-0.15, -0.1) is 0 Å². The van der Waals surface area contributed by atoms with E-state index in [1.807, 2.05) is 18.2 Å². The zero-order valence-electron chi connectivity index (χ0n) is 12.4. The third-order valence-corrected chi connectivity index (χ3v) is 4.45. The first-order valence-electron chi connectivity index (χ1n) is 7.29. The largest absolute Gasteiger partial charge is 0.371 e. The van der Waals surface area contributed by atoms with Crippen LogP contribution in [0.15, 0.2) is 36.5 Å². The highest BCUT2D eigenvalue weighted by molar-refractivity contribution is 6.32. The highest BCUT2D eigenvalue weighted by Crippen LogP contribution is 2.32. The standard InChI is InChI=1S/C17H15ClN4O/c18-15-7-14(3-1-11(15)8-19)22-6-5-13(10-22)12-2-4-16(17(20)23)21-9-12/h1-4,7,9,13H,5-6,10H2,(H2,20,23). The van der Waals surface area contributed by atoms with Crippen LogP contribution >= 0.6 is 11.6 Å². The lowest BCUT2D eigenvalue weighted by molar-refractivity contribution is 0.0995. The van der Waals surface area contributed by atoms with Crippen LogP contribution in [0, 0.1) is 11.3 Å². The second kappa shape index (κ2) is 6.27. The molecular weight excluding hydrogens is 312 g/mol. The van der Waals surface area contributed by atoms with E-state index in [-0.39, 0.29) is 5.69 Å². The van der Waals surface area contributed by atoms with E-state index in [0.717, 1.165) is 30.8 Å². The highest BCUT2D eigenvalue weighted by atomic mass is 35.5. The summed E-state index contributed by atoms with van der Waals surface area (Å²) >= 11 is 6.11. The molecule has 116 valence electrons. The number of aromatic nitrogens is 1. The monoisotopic (exact) mass is 326 g/mol. The van der Waals surface area contributed by atoms with Gasteiger partial charge in [0.25, 0.3) is 5.91 Å². The summed E-state index contributed by atoms with van der Waals surface area (Å²) in [6.07, 6.45) is 2.72. The predicted molar refractivity (Wildman–Crippen MR) is 88.5 cm³/mol. The number of halogens is 1. The molecule has 0 spiro atoms. The maximum Gasteiger partial charge on any atom is 0.267 e. The number of benzene rings is 1. The van der Waals surface area contributed by atoms with E-state index in [4.69, 9.17) is 22.6 Å². The first kappa shape index (κ1) is 15.3. The molecule has 2 heterocycles. The van der Waals surface area contributed by atoms with Crippen molar-refractivity contribution in [3.63, 3.8) is 0 Å². The number of nitriles is 1. The number of carbonyl (C=O) groups excluding carboxylic acids is 1. The van der Waals surface area contributed by atoms with Crippen molar-refractivity contribution in [1.82, 2.24) is 4.98 Å². The summed E-state index contributed by atoms with van der Waals surface area (Å²) in [4.78, 5) is 17.4. The molecular formula is C17H15ClN4O. The molecule has 1 aliphatic heterocycles. The van der Waals surface area contributed by atoms with Crippen molar-refractivity contribution in [1.29, 1.82) is 5.26 Å². The van der Waals surface area contributed by atoms with Crippen molar-refractivity contribution >= 4 is 23.2 Å². The van der Waals surface area contributed by atoms with Crippen molar-refractivity contribution in [3.8, 4) is 6.07 Å². The number of anilines is 1. The molecule has 1 aromatic heterocycles. The number of carbonyl (C=O) groups is 1. The Hall–Kier alpha value is -2.58. The third-order valence-electron chi connectivity index (χ3n) is 4.14. The van der Waals surface area contributed by atoms with Crippen molar-refractivity contribution in [2.75, 3.05) is 18.0 Å². The molecule has 1 aliphatic rings. The number of rotatable bonds is 3. The zero-order valence-corrected chi connectivity index (χ0v) is 13.1. The molecule has 0 radical (unpaired) electrons. The fraction of sp³-hybridized carbons (Fsp3) is 0.235. The van der Waals surface area contributed by atoms with Crippen LogP contribution in [0.25, 0.3) is 0 Å². The van der Waals surface area contributed by atoms with Gasteiger partial charge < -0.3 is 10.6 Å². The highest BCUT2D eigenvalue weighted by Gasteiger charge is 2.25. The van der Waals surface area contributed by atoms with Crippen molar-refractivity contribution in [2.24, 2.45) is 5.73 Å². The van der Waals surface area contributed by atoms with Gasteiger partial charge in [-0.2, -0.15) is 5.26 Å². The van der Waals surface area contributed by atoms with E-state index in [2.05, 4.69) is 16.0 Å². The molecule has 5 nitrogen and oxygen atoms in total. The lowest BCUT2D eigenvalue weighted by atomic mass is 10.00. The van der Waals surface area contributed by atoms with Crippen molar-refractivity contribution in [2.45, 2.75) is 12.3 Å². The smallest absolute Gasteiger partial charge is 0.267 e. The Labute approximate surface area is 139 Å². The minimum Gasteiger partial charge on any atom is -0.371 e. The first-order valence-corrected chi connectivity index (χ1v) is 7.66. The lowest BCUT2D eigenvalue weighted by Crippen LogP contribution is -2.19. The van der Waals surface area contributed by atoms with Gasteiger partial charge in [-0.1, -0.05) is 17.7 Å². The lowest BCUT2D eigenvalue weighted by Gasteiger charge is -2.19. The summed E-state index contributed by atoms with van der Waals surface area (Å²) in [6.45, 7) is 1.75. The number of nitrogens with two attached hydrogens (primary N) is 1. The van der Waals surface area contributed by atoms with Gasteiger partial charge in [0.2, 0.25) is 0 Å². The number of nitrogens with zero attached hydrogens (tertiary/aromatic N) is 3. The van der Waals surface area contributed by atoms with E-state index in [9.17, 15) is 4.79 Å². The average Bonchev–Trinajstić information content (AvgIpc) is 3.05. The molecule has 1 unspecified atom stereocenters. The maximum absolute atomic E-state index is 11.1. The summed E-state index contributed by atoms with van der Waals surface area (Å²) in [5, 5.41) is 9.41. The van der Waals surface area contributed by atoms with Crippen molar-refractivity contribution < 1.29 is 4.79 Å². The SMILES string of the molecule is N#Cc1ccc(N2CCC(c3ccc(C(N)=O)nc3)C2)cc1Cl. The van der Waals surface area contributed by atoms with Gasteiger partial charge in [-0.3, -0.25) is 9.78 Å². The first-order chi connectivity index (χ1) is 11.1. The summed E-state index contributed by atoms with van der Waals surface area (Å²) in [5.74, 6) is -0.171. The fourth-order valence-corrected chi connectivity index (χ4v) is 3.07. The van der Waals surface area contributed by atoms with E-state index < -0.39 is 5.91 Å². The number of amides is 1. The molecule has 1 atom stereocenters. The Morgan fingerprint density at radius 1 is 1.39 bits per heavy atom. The Morgan fingerprint density at radius 2 is 2.22 bits per heavy atom.